The van der Waals surface area contributed by atoms with Gasteiger partial charge in [0.1, 0.15) is 11.8 Å². The highest BCUT2D eigenvalue weighted by molar-refractivity contribution is 6.30. The number of carbonyl (C=O) groups is 2. The Hall–Kier alpha value is -3.31. The summed E-state index contributed by atoms with van der Waals surface area (Å²) in [6.45, 7) is 4.58. The van der Waals surface area contributed by atoms with E-state index in [1.165, 1.54) is 0 Å². The molecule has 3 rings (SSSR count). The average Bonchev–Trinajstić information content (AvgIpc) is 2.86. The second-order valence-electron chi connectivity index (χ2n) is 8.78. The van der Waals surface area contributed by atoms with E-state index in [9.17, 15) is 9.59 Å². The van der Waals surface area contributed by atoms with Crippen molar-refractivity contribution in [3.63, 3.8) is 0 Å². The van der Waals surface area contributed by atoms with Crippen molar-refractivity contribution in [2.24, 2.45) is 0 Å². The van der Waals surface area contributed by atoms with Gasteiger partial charge in [-0.25, -0.2) is 0 Å². The first kappa shape index (κ1) is 26.3. The van der Waals surface area contributed by atoms with E-state index in [4.69, 9.17) is 16.3 Å². The lowest BCUT2D eigenvalue weighted by molar-refractivity contribution is -0.141. The van der Waals surface area contributed by atoms with Gasteiger partial charge in [-0.2, -0.15) is 0 Å². The van der Waals surface area contributed by atoms with E-state index in [-0.39, 0.29) is 24.3 Å². The number of hydrogen-bond donors (Lipinski definition) is 1. The van der Waals surface area contributed by atoms with Gasteiger partial charge in [-0.15, -0.1) is 0 Å². The smallest absolute Gasteiger partial charge is 0.243 e. The third kappa shape index (κ3) is 8.76. The van der Waals surface area contributed by atoms with Gasteiger partial charge in [0.15, 0.2) is 0 Å². The molecule has 0 aromatic heterocycles. The van der Waals surface area contributed by atoms with Crippen molar-refractivity contribution < 1.29 is 14.3 Å². The summed E-state index contributed by atoms with van der Waals surface area (Å²) in [6, 6.07) is 26.0. The summed E-state index contributed by atoms with van der Waals surface area (Å²) in [4.78, 5) is 28.5. The minimum Gasteiger partial charge on any atom is -0.494 e. The van der Waals surface area contributed by atoms with Crippen molar-refractivity contribution in [2.45, 2.75) is 51.7 Å². The molecule has 6 heteroatoms. The summed E-state index contributed by atoms with van der Waals surface area (Å²) in [5, 5.41) is 3.63. The van der Waals surface area contributed by atoms with Crippen LogP contribution in [0.4, 0.5) is 0 Å². The maximum atomic E-state index is 13.5. The Morgan fingerprint density at radius 2 is 1.51 bits per heavy atom. The molecular formula is C29H33ClN2O3. The average molecular weight is 493 g/mol. The van der Waals surface area contributed by atoms with Gasteiger partial charge in [0.2, 0.25) is 11.8 Å². The predicted molar refractivity (Wildman–Crippen MR) is 140 cm³/mol. The molecule has 3 aromatic rings. The molecular weight excluding hydrogens is 460 g/mol. The summed E-state index contributed by atoms with van der Waals surface area (Å²) >= 11 is 6.06. The molecule has 0 aliphatic heterocycles. The Balaban J connectivity index is 1.78. The molecule has 0 bridgehead atoms. The Kier molecular flexibility index (Phi) is 10.2. The summed E-state index contributed by atoms with van der Waals surface area (Å²) < 4.78 is 5.76. The predicted octanol–water partition coefficient (Wildman–Crippen LogP) is 5.66. The fourth-order valence-electron chi connectivity index (χ4n) is 3.79. The molecule has 5 nitrogen and oxygen atoms in total. The number of para-hydroxylation sites is 1. The second kappa shape index (κ2) is 13.5. The molecule has 0 unspecified atom stereocenters. The van der Waals surface area contributed by atoms with Crippen molar-refractivity contribution >= 4 is 23.4 Å². The van der Waals surface area contributed by atoms with Crippen LogP contribution < -0.4 is 10.1 Å². The second-order valence-corrected chi connectivity index (χ2v) is 9.22. The van der Waals surface area contributed by atoms with Crippen LogP contribution in [-0.4, -0.2) is 35.4 Å². The number of hydrogen-bond acceptors (Lipinski definition) is 3. The topological polar surface area (TPSA) is 58.6 Å². The van der Waals surface area contributed by atoms with E-state index >= 15 is 0 Å². The van der Waals surface area contributed by atoms with Crippen molar-refractivity contribution in [2.75, 3.05) is 6.61 Å². The van der Waals surface area contributed by atoms with Crippen molar-refractivity contribution in [1.29, 1.82) is 0 Å². The largest absolute Gasteiger partial charge is 0.494 e. The molecule has 0 spiro atoms. The molecule has 0 fully saturated rings. The molecule has 0 aliphatic rings. The molecule has 1 atom stereocenters. The van der Waals surface area contributed by atoms with Crippen LogP contribution in [-0.2, 0) is 22.6 Å². The number of amides is 2. The molecule has 0 saturated carbocycles. The SMILES string of the molecule is CC(C)NC(=O)[C@H](Cc1ccccc1)N(Cc1ccc(Cl)cc1)C(=O)CCCOc1ccccc1. The van der Waals surface area contributed by atoms with E-state index < -0.39 is 6.04 Å². The number of halogens is 1. The fraction of sp³-hybridized carbons (Fsp3) is 0.310. The molecule has 0 aliphatic carbocycles. The van der Waals surface area contributed by atoms with Crippen LogP contribution in [0, 0.1) is 0 Å². The van der Waals surface area contributed by atoms with Crippen molar-refractivity contribution in [3.8, 4) is 5.75 Å². The molecule has 2 amide bonds. The van der Waals surface area contributed by atoms with Crippen molar-refractivity contribution in [1.82, 2.24) is 10.2 Å². The fourth-order valence-corrected chi connectivity index (χ4v) is 3.92. The number of carbonyl (C=O) groups excluding carboxylic acids is 2. The molecule has 35 heavy (non-hydrogen) atoms. The highest BCUT2D eigenvalue weighted by atomic mass is 35.5. The molecule has 184 valence electrons. The first-order valence-corrected chi connectivity index (χ1v) is 12.4. The maximum absolute atomic E-state index is 13.5. The van der Waals surface area contributed by atoms with Crippen LogP contribution >= 0.6 is 11.6 Å². The lowest BCUT2D eigenvalue weighted by atomic mass is 10.0. The van der Waals surface area contributed by atoms with Gasteiger partial charge >= 0.3 is 0 Å². The number of nitrogens with one attached hydrogen (secondary N) is 1. The zero-order valence-electron chi connectivity index (χ0n) is 20.3. The zero-order chi connectivity index (χ0) is 25.0. The molecule has 0 heterocycles. The molecule has 0 saturated heterocycles. The molecule has 1 N–H and O–H groups in total. The highest BCUT2D eigenvalue weighted by Gasteiger charge is 2.30. The lowest BCUT2D eigenvalue weighted by Gasteiger charge is -2.32. The first-order chi connectivity index (χ1) is 16.9. The minimum atomic E-state index is -0.641. The Labute approximate surface area is 213 Å². The maximum Gasteiger partial charge on any atom is 0.243 e. The number of benzene rings is 3. The third-order valence-electron chi connectivity index (χ3n) is 5.52. The summed E-state index contributed by atoms with van der Waals surface area (Å²) in [5.41, 5.74) is 1.91. The van der Waals surface area contributed by atoms with Crippen LogP contribution in [0.15, 0.2) is 84.9 Å². The summed E-state index contributed by atoms with van der Waals surface area (Å²) in [6.07, 6.45) is 1.26. The Morgan fingerprint density at radius 1 is 0.886 bits per heavy atom. The summed E-state index contributed by atoms with van der Waals surface area (Å²) in [5.74, 6) is 0.527. The van der Waals surface area contributed by atoms with Crippen LogP contribution in [0.3, 0.4) is 0 Å². The van der Waals surface area contributed by atoms with Gasteiger partial charge in [-0.05, 0) is 55.7 Å². The van der Waals surface area contributed by atoms with E-state index in [1.54, 1.807) is 17.0 Å². The first-order valence-electron chi connectivity index (χ1n) is 12.0. The van der Waals surface area contributed by atoms with Gasteiger partial charge in [-0.3, -0.25) is 9.59 Å². The zero-order valence-corrected chi connectivity index (χ0v) is 21.1. The van der Waals surface area contributed by atoms with Crippen LogP contribution in [0.5, 0.6) is 5.75 Å². The van der Waals surface area contributed by atoms with Gasteiger partial charge in [0.25, 0.3) is 0 Å². The Bertz CT molecular complexity index is 1060. The number of ether oxygens (including phenoxy) is 1. The van der Waals surface area contributed by atoms with E-state index in [1.807, 2.05) is 86.6 Å². The molecule has 0 radical (unpaired) electrons. The van der Waals surface area contributed by atoms with Gasteiger partial charge in [-0.1, -0.05) is 72.3 Å². The van der Waals surface area contributed by atoms with E-state index in [2.05, 4.69) is 5.32 Å². The van der Waals surface area contributed by atoms with Gasteiger partial charge < -0.3 is 15.0 Å². The van der Waals surface area contributed by atoms with Gasteiger partial charge in [0.05, 0.1) is 6.61 Å². The monoisotopic (exact) mass is 492 g/mol. The standard InChI is InChI=1S/C29H33ClN2O3/c1-22(2)31-29(34)27(20-23-10-5-3-6-11-23)32(21-24-15-17-25(30)18-16-24)28(33)14-9-19-35-26-12-7-4-8-13-26/h3-8,10-13,15-18,22,27H,9,14,19-21H2,1-2H3,(H,31,34)/t27-/m0/s1. The number of rotatable bonds is 12. The normalized spacial score (nSPS) is 11.7. The third-order valence-corrected chi connectivity index (χ3v) is 5.77. The van der Waals surface area contributed by atoms with E-state index in [0.717, 1.165) is 16.9 Å². The lowest BCUT2D eigenvalue weighted by Crippen LogP contribution is -2.51. The van der Waals surface area contributed by atoms with Crippen molar-refractivity contribution in [3.05, 3.63) is 101 Å². The van der Waals surface area contributed by atoms with E-state index in [0.29, 0.717) is 31.0 Å². The van der Waals surface area contributed by atoms with Gasteiger partial charge in [0, 0.05) is 30.5 Å². The Morgan fingerprint density at radius 3 is 2.14 bits per heavy atom. The minimum absolute atomic E-state index is 0.0347. The quantitative estimate of drug-likeness (QED) is 0.332. The molecule has 3 aromatic carbocycles. The van der Waals surface area contributed by atoms with Crippen LogP contribution in [0.25, 0.3) is 0 Å². The summed E-state index contributed by atoms with van der Waals surface area (Å²) in [7, 11) is 0. The number of nitrogens with zero attached hydrogens (tertiary/aromatic N) is 1. The highest BCUT2D eigenvalue weighted by Crippen LogP contribution is 2.18. The van der Waals surface area contributed by atoms with Crippen LogP contribution in [0.1, 0.15) is 37.8 Å². The van der Waals surface area contributed by atoms with Crippen LogP contribution in [0.2, 0.25) is 5.02 Å².